The van der Waals surface area contributed by atoms with Gasteiger partial charge in [-0.15, -0.1) is 0 Å². The van der Waals surface area contributed by atoms with Crippen LogP contribution in [-0.4, -0.2) is 84.6 Å². The quantitative estimate of drug-likeness (QED) is 0.0174. The third-order valence-electron chi connectivity index (χ3n) is 7.98. The SMILES string of the molecule is CCCCC/C=C\C/C=C\CC(O)/C=C\C=C\CCCC(=O)N[C@@H](COP(=O)(O)OCC[N+](C)(C)C)[C@H](O)/C=C/CC/C=C\CCCCCCC. The first-order valence-corrected chi connectivity index (χ1v) is 20.9. The second-order valence-corrected chi connectivity index (χ2v) is 15.6. The zero-order valence-electron chi connectivity index (χ0n) is 32.7. The first-order valence-electron chi connectivity index (χ1n) is 19.4. The monoisotopic (exact) mass is 738 g/mol. The van der Waals surface area contributed by atoms with E-state index in [1.54, 1.807) is 12.2 Å². The van der Waals surface area contributed by atoms with E-state index in [-0.39, 0.29) is 25.5 Å². The van der Waals surface area contributed by atoms with Gasteiger partial charge in [-0.3, -0.25) is 13.8 Å². The molecule has 0 radical (unpaired) electrons. The number of hydrogen-bond acceptors (Lipinski definition) is 6. The van der Waals surface area contributed by atoms with E-state index < -0.39 is 26.1 Å². The molecule has 0 spiro atoms. The van der Waals surface area contributed by atoms with Gasteiger partial charge in [-0.1, -0.05) is 125 Å². The maximum atomic E-state index is 12.8. The van der Waals surface area contributed by atoms with Gasteiger partial charge < -0.3 is 24.9 Å². The lowest BCUT2D eigenvalue weighted by molar-refractivity contribution is -0.870. The molecule has 0 saturated carbocycles. The topological polar surface area (TPSA) is 125 Å². The van der Waals surface area contributed by atoms with Crippen molar-refractivity contribution in [2.75, 3.05) is 40.9 Å². The van der Waals surface area contributed by atoms with Crippen molar-refractivity contribution in [3.8, 4) is 0 Å². The molecule has 0 aromatic heterocycles. The molecule has 0 aliphatic heterocycles. The maximum absolute atomic E-state index is 12.8. The summed E-state index contributed by atoms with van der Waals surface area (Å²) in [4.78, 5) is 23.0. The van der Waals surface area contributed by atoms with Crippen LogP contribution in [0.5, 0.6) is 0 Å². The van der Waals surface area contributed by atoms with Crippen LogP contribution in [0.25, 0.3) is 0 Å². The standard InChI is InChI=1S/C41H73N2O7P/c1-6-8-10-12-14-16-17-19-21-25-29-33-40(45)39(37-50-51(47,48)49-36-35-43(3,4)5)42-41(46)34-30-26-22-24-28-32-38(44)31-27-23-20-18-15-13-11-9-7-2/h15,17-19,22-24,27-29,32-33,38-40,44-45H,6-14,16,20-21,25-26,30-31,34-37H2,1-5H3,(H-,42,46,47,48)/p+1/b18-15-,19-17-,24-22+,27-23-,32-28-,33-29+/t38?,39-,40+/m0/s1. The molecule has 0 bridgehead atoms. The number of aliphatic hydroxyl groups excluding tert-OH is 2. The van der Waals surface area contributed by atoms with E-state index >= 15 is 0 Å². The summed E-state index contributed by atoms with van der Waals surface area (Å²) in [6, 6.07) is -0.925. The molecular formula is C41H74N2O7P+. The zero-order valence-corrected chi connectivity index (χ0v) is 33.6. The molecule has 0 aromatic rings. The Balaban J connectivity index is 4.77. The van der Waals surface area contributed by atoms with Crippen molar-refractivity contribution in [2.24, 2.45) is 0 Å². The Bertz CT molecular complexity index is 1080. The summed E-state index contributed by atoms with van der Waals surface area (Å²) < 4.78 is 23.3. The number of likely N-dealkylation sites (N-methyl/N-ethyl adjacent to an activating group) is 1. The average Bonchev–Trinajstić information content (AvgIpc) is 3.07. The largest absolute Gasteiger partial charge is 0.472 e. The van der Waals surface area contributed by atoms with Gasteiger partial charge in [0.2, 0.25) is 5.91 Å². The second-order valence-electron chi connectivity index (χ2n) is 14.1. The number of unbranched alkanes of at least 4 members (excludes halogenated alkanes) is 10. The highest BCUT2D eigenvalue weighted by Crippen LogP contribution is 2.43. The van der Waals surface area contributed by atoms with E-state index in [1.165, 1.54) is 51.4 Å². The first-order chi connectivity index (χ1) is 24.4. The Morgan fingerprint density at radius 2 is 1.33 bits per heavy atom. The van der Waals surface area contributed by atoms with Gasteiger partial charge in [0.05, 0.1) is 46.0 Å². The number of carbonyl (C=O) groups excluding carboxylic acids is 1. The lowest BCUT2D eigenvalue weighted by Gasteiger charge is -2.25. The van der Waals surface area contributed by atoms with Crippen molar-refractivity contribution in [1.29, 1.82) is 0 Å². The van der Waals surface area contributed by atoms with E-state index in [9.17, 15) is 24.5 Å². The van der Waals surface area contributed by atoms with Crippen LogP contribution in [0.3, 0.4) is 0 Å². The molecule has 0 saturated heterocycles. The average molecular weight is 738 g/mol. The third-order valence-corrected chi connectivity index (χ3v) is 8.96. The summed E-state index contributed by atoms with van der Waals surface area (Å²) in [5.74, 6) is -0.293. The normalized spacial score (nSPS) is 16.0. The predicted molar refractivity (Wildman–Crippen MR) is 213 cm³/mol. The van der Waals surface area contributed by atoms with Crippen LogP contribution < -0.4 is 5.32 Å². The van der Waals surface area contributed by atoms with E-state index in [0.29, 0.717) is 30.3 Å². The minimum atomic E-state index is -4.38. The zero-order chi connectivity index (χ0) is 38.1. The predicted octanol–water partition coefficient (Wildman–Crippen LogP) is 9.04. The van der Waals surface area contributed by atoms with Gasteiger partial charge >= 0.3 is 7.82 Å². The number of hydrogen-bond donors (Lipinski definition) is 4. The number of phosphoric acid groups is 1. The molecule has 0 rings (SSSR count). The number of carbonyl (C=O) groups is 1. The Hall–Kier alpha value is -2.10. The summed E-state index contributed by atoms with van der Waals surface area (Å²) in [6.07, 6.45) is 38.6. The molecule has 0 aromatic carbocycles. The number of allylic oxidation sites excluding steroid dienone is 9. The lowest BCUT2D eigenvalue weighted by atomic mass is 10.1. The van der Waals surface area contributed by atoms with Crippen LogP contribution >= 0.6 is 7.82 Å². The molecule has 0 fully saturated rings. The van der Waals surface area contributed by atoms with Gasteiger partial charge in [-0.25, -0.2) is 4.57 Å². The third kappa shape index (κ3) is 34.7. The molecule has 2 unspecified atom stereocenters. The maximum Gasteiger partial charge on any atom is 0.472 e. The van der Waals surface area contributed by atoms with Gasteiger partial charge in [-0.05, 0) is 64.2 Å². The first kappa shape index (κ1) is 48.9. The lowest BCUT2D eigenvalue weighted by Crippen LogP contribution is -2.45. The Morgan fingerprint density at radius 1 is 0.725 bits per heavy atom. The fourth-order valence-electron chi connectivity index (χ4n) is 4.77. The van der Waals surface area contributed by atoms with Crippen molar-refractivity contribution in [3.05, 3.63) is 72.9 Å². The smallest absolute Gasteiger partial charge is 0.389 e. The fraction of sp³-hybridized carbons (Fsp3) is 0.683. The van der Waals surface area contributed by atoms with Crippen molar-refractivity contribution < 1.29 is 38.0 Å². The molecule has 51 heavy (non-hydrogen) atoms. The van der Waals surface area contributed by atoms with E-state index in [0.717, 1.165) is 32.1 Å². The minimum absolute atomic E-state index is 0.0266. The molecule has 0 aliphatic carbocycles. The number of nitrogens with one attached hydrogen (secondary N) is 1. The number of rotatable bonds is 33. The van der Waals surface area contributed by atoms with Crippen LogP contribution in [0.1, 0.15) is 123 Å². The highest BCUT2D eigenvalue weighted by Gasteiger charge is 2.27. The molecule has 0 heterocycles. The van der Waals surface area contributed by atoms with Crippen molar-refractivity contribution in [1.82, 2.24) is 5.32 Å². The molecule has 294 valence electrons. The van der Waals surface area contributed by atoms with Crippen LogP contribution in [0.15, 0.2) is 72.9 Å². The van der Waals surface area contributed by atoms with Crippen molar-refractivity contribution >= 4 is 13.7 Å². The Kier molecular flexibility index (Phi) is 31.2. The summed E-state index contributed by atoms with van der Waals surface area (Å²) >= 11 is 0. The summed E-state index contributed by atoms with van der Waals surface area (Å²) in [7, 11) is 1.45. The summed E-state index contributed by atoms with van der Waals surface area (Å²) in [5.41, 5.74) is 0. The number of amides is 1. The Labute approximate surface area is 311 Å². The summed E-state index contributed by atoms with van der Waals surface area (Å²) in [5, 5.41) is 23.8. The van der Waals surface area contributed by atoms with Gasteiger partial charge in [0, 0.05) is 6.42 Å². The van der Waals surface area contributed by atoms with Crippen molar-refractivity contribution in [3.63, 3.8) is 0 Å². The number of aliphatic hydroxyl groups is 2. The van der Waals surface area contributed by atoms with E-state index in [4.69, 9.17) is 9.05 Å². The van der Waals surface area contributed by atoms with Crippen LogP contribution in [0, 0.1) is 0 Å². The van der Waals surface area contributed by atoms with E-state index in [2.05, 4.69) is 49.5 Å². The highest BCUT2D eigenvalue weighted by molar-refractivity contribution is 7.47. The fourth-order valence-corrected chi connectivity index (χ4v) is 5.51. The van der Waals surface area contributed by atoms with E-state index in [1.807, 2.05) is 51.5 Å². The van der Waals surface area contributed by atoms with Gasteiger partial charge in [0.1, 0.15) is 13.2 Å². The highest BCUT2D eigenvalue weighted by atomic mass is 31.2. The summed E-state index contributed by atoms with van der Waals surface area (Å²) in [6.45, 7) is 4.57. The second kappa shape index (κ2) is 32.5. The molecule has 4 N–H and O–H groups in total. The number of nitrogens with zero attached hydrogens (tertiary/aromatic N) is 1. The number of quaternary nitrogens is 1. The van der Waals surface area contributed by atoms with Crippen LogP contribution in [0.2, 0.25) is 0 Å². The van der Waals surface area contributed by atoms with Gasteiger partial charge in [0.25, 0.3) is 0 Å². The van der Waals surface area contributed by atoms with Gasteiger partial charge in [-0.2, -0.15) is 0 Å². The molecule has 9 nitrogen and oxygen atoms in total. The van der Waals surface area contributed by atoms with Crippen LogP contribution in [-0.2, 0) is 18.4 Å². The molecule has 10 heteroatoms. The minimum Gasteiger partial charge on any atom is -0.389 e. The number of phosphoric ester groups is 1. The molecule has 1 amide bonds. The van der Waals surface area contributed by atoms with Gasteiger partial charge in [0.15, 0.2) is 0 Å². The van der Waals surface area contributed by atoms with Crippen molar-refractivity contribution in [2.45, 2.75) is 141 Å². The Morgan fingerprint density at radius 3 is 2.06 bits per heavy atom. The molecule has 0 aliphatic rings. The molecule has 4 atom stereocenters. The van der Waals surface area contributed by atoms with Crippen LogP contribution in [0.4, 0.5) is 0 Å². The molecular weight excluding hydrogens is 663 g/mol.